The van der Waals surface area contributed by atoms with E-state index in [4.69, 9.17) is 0 Å². The summed E-state index contributed by atoms with van der Waals surface area (Å²) in [4.78, 5) is 35.1. The molecule has 1 fully saturated rings. The van der Waals surface area contributed by atoms with Crippen molar-refractivity contribution < 1.29 is 4.79 Å². The topological polar surface area (TPSA) is 99.7 Å². The minimum Gasteiger partial charge on any atom is -0.351 e. The maximum Gasteiger partial charge on any atom is 0.225 e. The molecule has 1 aromatic carbocycles. The largest absolute Gasteiger partial charge is 0.351 e. The van der Waals surface area contributed by atoms with Gasteiger partial charge in [-0.05, 0) is 43.4 Å². The molecule has 0 saturated heterocycles. The first-order chi connectivity index (χ1) is 15.1. The Morgan fingerprint density at radius 1 is 1.06 bits per heavy atom. The maximum absolute atomic E-state index is 12.2. The molecule has 0 spiro atoms. The lowest BCUT2D eigenvalue weighted by Gasteiger charge is -2.29. The number of H-pyrrole nitrogens is 1. The number of aromatic nitrogens is 5. The highest BCUT2D eigenvalue weighted by atomic mass is 16.2. The minimum absolute atomic E-state index is 0.133. The van der Waals surface area contributed by atoms with Gasteiger partial charge in [0.2, 0.25) is 11.9 Å². The summed E-state index contributed by atoms with van der Waals surface area (Å²) >= 11 is 0. The summed E-state index contributed by atoms with van der Waals surface area (Å²) in [7, 11) is 3.65. The molecule has 0 aliphatic heterocycles. The Bertz CT molecular complexity index is 1240. The number of nitrogens with zero attached hydrogens (tertiary/aromatic N) is 5. The van der Waals surface area contributed by atoms with E-state index >= 15 is 0 Å². The van der Waals surface area contributed by atoms with Crippen LogP contribution in [0, 0.1) is 5.92 Å². The molecule has 31 heavy (non-hydrogen) atoms. The van der Waals surface area contributed by atoms with Gasteiger partial charge in [-0.25, -0.2) is 4.98 Å². The van der Waals surface area contributed by atoms with Gasteiger partial charge in [0.1, 0.15) is 5.65 Å². The van der Waals surface area contributed by atoms with Gasteiger partial charge in [-0.2, -0.15) is 4.98 Å². The third-order valence-electron chi connectivity index (χ3n) is 6.06. The molecule has 0 atom stereocenters. The summed E-state index contributed by atoms with van der Waals surface area (Å²) in [6, 6.07) is 6.34. The van der Waals surface area contributed by atoms with Crippen molar-refractivity contribution >= 4 is 33.9 Å². The number of hydrogen-bond donors (Lipinski definition) is 2. The number of anilines is 1. The molecule has 1 aliphatic rings. The summed E-state index contributed by atoms with van der Waals surface area (Å²) in [6.45, 7) is 0. The zero-order valence-electron chi connectivity index (χ0n) is 17.7. The fourth-order valence-electron chi connectivity index (χ4n) is 4.38. The van der Waals surface area contributed by atoms with Crippen molar-refractivity contribution in [3.63, 3.8) is 0 Å². The van der Waals surface area contributed by atoms with E-state index in [9.17, 15) is 4.79 Å². The molecule has 8 nitrogen and oxygen atoms in total. The Morgan fingerprint density at radius 2 is 1.84 bits per heavy atom. The second-order valence-corrected chi connectivity index (χ2v) is 8.34. The van der Waals surface area contributed by atoms with Gasteiger partial charge in [0.05, 0.1) is 11.0 Å². The number of hydrogen-bond acceptors (Lipinski definition) is 6. The molecule has 1 amide bonds. The molecule has 4 aromatic rings. The van der Waals surface area contributed by atoms with Crippen LogP contribution >= 0.6 is 0 Å². The summed E-state index contributed by atoms with van der Waals surface area (Å²) in [5.41, 5.74) is 4.61. The molecule has 1 saturated carbocycles. The maximum atomic E-state index is 12.2. The number of nitrogens with one attached hydrogen (secondary N) is 2. The molecular formula is C23H25N7O. The first-order valence-electron chi connectivity index (χ1n) is 10.6. The molecule has 3 aromatic heterocycles. The summed E-state index contributed by atoms with van der Waals surface area (Å²) in [6.07, 6.45) is 10.9. The van der Waals surface area contributed by atoms with E-state index in [1.165, 1.54) is 0 Å². The quantitative estimate of drug-likeness (QED) is 0.528. The number of amides is 1. The first-order valence-corrected chi connectivity index (χ1v) is 10.6. The Kier molecular flexibility index (Phi) is 4.97. The Morgan fingerprint density at radius 3 is 2.61 bits per heavy atom. The van der Waals surface area contributed by atoms with Crippen molar-refractivity contribution in [1.29, 1.82) is 0 Å². The summed E-state index contributed by atoms with van der Waals surface area (Å²) in [5, 5.41) is 4.42. The lowest BCUT2D eigenvalue weighted by molar-refractivity contribution is -0.133. The van der Waals surface area contributed by atoms with E-state index in [0.29, 0.717) is 5.95 Å². The van der Waals surface area contributed by atoms with Gasteiger partial charge in [-0.15, -0.1) is 0 Å². The predicted octanol–water partition coefficient (Wildman–Crippen LogP) is 3.63. The molecule has 0 unspecified atom stereocenters. The van der Waals surface area contributed by atoms with Crippen molar-refractivity contribution in [2.45, 2.75) is 31.7 Å². The van der Waals surface area contributed by atoms with Crippen LogP contribution in [0.3, 0.4) is 0 Å². The molecule has 8 heteroatoms. The van der Waals surface area contributed by atoms with E-state index < -0.39 is 0 Å². The minimum atomic E-state index is 0.133. The Balaban J connectivity index is 1.32. The molecular weight excluding hydrogens is 390 g/mol. The number of fused-ring (bicyclic) bond motifs is 2. The first kappa shape index (κ1) is 19.4. The van der Waals surface area contributed by atoms with Crippen LogP contribution in [-0.4, -0.2) is 55.9 Å². The van der Waals surface area contributed by atoms with Crippen LogP contribution in [0.4, 0.5) is 5.95 Å². The van der Waals surface area contributed by atoms with Gasteiger partial charge < -0.3 is 15.2 Å². The summed E-state index contributed by atoms with van der Waals surface area (Å²) in [5.74, 6) is 0.983. The van der Waals surface area contributed by atoms with Crippen LogP contribution in [0.15, 0.2) is 43.0 Å². The van der Waals surface area contributed by atoms with E-state index in [1.54, 1.807) is 17.3 Å². The molecule has 5 rings (SSSR count). The van der Waals surface area contributed by atoms with E-state index in [1.807, 2.05) is 44.7 Å². The van der Waals surface area contributed by atoms with E-state index in [2.05, 4.69) is 30.2 Å². The lowest BCUT2D eigenvalue weighted by Crippen LogP contribution is -2.35. The molecule has 0 radical (unpaired) electrons. The van der Waals surface area contributed by atoms with Gasteiger partial charge in [0, 0.05) is 61.8 Å². The van der Waals surface area contributed by atoms with E-state index in [-0.39, 0.29) is 17.9 Å². The third kappa shape index (κ3) is 3.81. The zero-order chi connectivity index (χ0) is 21.4. The number of rotatable bonds is 4. The monoisotopic (exact) mass is 415 g/mol. The number of aromatic amines is 1. The van der Waals surface area contributed by atoms with Crippen LogP contribution in [0.25, 0.3) is 33.2 Å². The van der Waals surface area contributed by atoms with Crippen LogP contribution in [0.1, 0.15) is 25.7 Å². The molecule has 2 N–H and O–H groups in total. The molecule has 0 bridgehead atoms. The van der Waals surface area contributed by atoms with Crippen LogP contribution in [0.5, 0.6) is 0 Å². The lowest BCUT2D eigenvalue weighted by atomic mass is 9.85. The third-order valence-corrected chi connectivity index (χ3v) is 6.06. The van der Waals surface area contributed by atoms with Crippen LogP contribution in [0.2, 0.25) is 0 Å². The van der Waals surface area contributed by atoms with Gasteiger partial charge >= 0.3 is 0 Å². The van der Waals surface area contributed by atoms with E-state index in [0.717, 1.165) is 58.9 Å². The number of carbonyl (C=O) groups is 1. The van der Waals surface area contributed by atoms with Gasteiger partial charge in [0.15, 0.2) is 0 Å². The van der Waals surface area contributed by atoms with Crippen molar-refractivity contribution in [1.82, 2.24) is 29.8 Å². The van der Waals surface area contributed by atoms with Crippen molar-refractivity contribution in [3.05, 3.63) is 43.0 Å². The Hall–Kier alpha value is -3.55. The van der Waals surface area contributed by atoms with Crippen molar-refractivity contribution in [2.24, 2.45) is 5.92 Å². The molecule has 3 heterocycles. The SMILES string of the molecule is CN(C)C(=O)C1CCC(Nc2ncc3c(-c4ccc5nccnc5c4)c[nH]c3n2)CC1. The highest BCUT2D eigenvalue weighted by molar-refractivity contribution is 5.95. The number of carbonyl (C=O) groups excluding carboxylic acids is 1. The van der Waals surface area contributed by atoms with Gasteiger partial charge in [-0.1, -0.05) is 6.07 Å². The van der Waals surface area contributed by atoms with Crippen LogP contribution in [-0.2, 0) is 4.79 Å². The van der Waals surface area contributed by atoms with Crippen LogP contribution < -0.4 is 5.32 Å². The van der Waals surface area contributed by atoms with Crippen molar-refractivity contribution in [2.75, 3.05) is 19.4 Å². The highest BCUT2D eigenvalue weighted by Gasteiger charge is 2.27. The molecule has 158 valence electrons. The Labute approximate surface area is 180 Å². The van der Waals surface area contributed by atoms with Gasteiger partial charge in [-0.3, -0.25) is 14.8 Å². The fraction of sp³-hybridized carbons (Fsp3) is 0.348. The second-order valence-electron chi connectivity index (χ2n) is 8.34. The zero-order valence-corrected chi connectivity index (χ0v) is 17.7. The smallest absolute Gasteiger partial charge is 0.225 e. The number of benzene rings is 1. The molecule has 1 aliphatic carbocycles. The average Bonchev–Trinajstić information content (AvgIpc) is 3.22. The second kappa shape index (κ2) is 7.94. The predicted molar refractivity (Wildman–Crippen MR) is 120 cm³/mol. The summed E-state index contributed by atoms with van der Waals surface area (Å²) < 4.78 is 0. The van der Waals surface area contributed by atoms with Gasteiger partial charge in [0.25, 0.3) is 0 Å². The fourth-order valence-corrected chi connectivity index (χ4v) is 4.38. The average molecular weight is 416 g/mol. The van der Waals surface area contributed by atoms with Crippen molar-refractivity contribution in [3.8, 4) is 11.1 Å². The standard InChI is InChI=1S/C23H25N7O/c1-30(2)22(31)14-3-6-16(7-4-14)28-23-27-13-18-17(12-26-21(18)29-23)15-5-8-19-20(11-15)25-10-9-24-19/h5,8-14,16H,3-4,6-7H2,1-2H3,(H2,26,27,28,29). The highest BCUT2D eigenvalue weighted by Crippen LogP contribution is 2.30. The normalized spacial score (nSPS) is 18.9.